The third kappa shape index (κ3) is 3.48. The standard InChI is InChI=1S/C11H11FN2O6/c1-20-11(17)8(5-15)13-10(16)7-4-6(12)2-3-9(7)14(18)19/h2-4,8,15H,5H2,1H3,(H,13,16). The predicted molar refractivity (Wildman–Crippen MR) is 63.4 cm³/mol. The van der Waals surface area contributed by atoms with Gasteiger partial charge in [-0.1, -0.05) is 0 Å². The number of rotatable bonds is 5. The number of nitro benzene ring substituents is 1. The number of nitrogens with one attached hydrogen (secondary N) is 1. The Balaban J connectivity index is 3.05. The maximum absolute atomic E-state index is 13.1. The molecule has 0 saturated heterocycles. The van der Waals surface area contributed by atoms with Gasteiger partial charge in [0.1, 0.15) is 11.4 Å². The second-order valence-electron chi connectivity index (χ2n) is 3.65. The van der Waals surface area contributed by atoms with Crippen LogP contribution in [-0.4, -0.2) is 41.7 Å². The van der Waals surface area contributed by atoms with Crippen LogP contribution in [0.4, 0.5) is 10.1 Å². The van der Waals surface area contributed by atoms with Gasteiger partial charge in [0, 0.05) is 6.07 Å². The third-order valence-corrected chi connectivity index (χ3v) is 2.37. The molecule has 2 N–H and O–H groups in total. The van der Waals surface area contributed by atoms with Gasteiger partial charge >= 0.3 is 5.97 Å². The van der Waals surface area contributed by atoms with Gasteiger partial charge in [-0.15, -0.1) is 0 Å². The van der Waals surface area contributed by atoms with Crippen LogP contribution in [0.25, 0.3) is 0 Å². The number of hydrogen-bond donors (Lipinski definition) is 2. The summed E-state index contributed by atoms with van der Waals surface area (Å²) in [4.78, 5) is 32.9. The lowest BCUT2D eigenvalue weighted by molar-refractivity contribution is -0.385. The van der Waals surface area contributed by atoms with Crippen molar-refractivity contribution in [3.8, 4) is 0 Å². The lowest BCUT2D eigenvalue weighted by Crippen LogP contribution is -2.44. The van der Waals surface area contributed by atoms with Gasteiger partial charge in [-0.2, -0.15) is 0 Å². The summed E-state index contributed by atoms with van der Waals surface area (Å²) in [6.45, 7) is -0.762. The number of aliphatic hydroxyl groups excluding tert-OH is 1. The topological polar surface area (TPSA) is 119 Å². The van der Waals surface area contributed by atoms with E-state index in [2.05, 4.69) is 4.74 Å². The molecule has 0 aliphatic carbocycles. The first kappa shape index (κ1) is 15.5. The second kappa shape index (κ2) is 6.57. The Bertz CT molecular complexity index is 548. The maximum Gasteiger partial charge on any atom is 0.330 e. The molecule has 1 aromatic rings. The van der Waals surface area contributed by atoms with Gasteiger partial charge in [0.2, 0.25) is 0 Å². The number of halogens is 1. The second-order valence-corrected chi connectivity index (χ2v) is 3.65. The first-order chi connectivity index (χ1) is 9.40. The molecule has 0 heterocycles. The van der Waals surface area contributed by atoms with Gasteiger partial charge in [0.05, 0.1) is 18.6 Å². The summed E-state index contributed by atoms with van der Waals surface area (Å²) in [6, 6.07) is 0.934. The van der Waals surface area contributed by atoms with E-state index >= 15 is 0 Å². The van der Waals surface area contributed by atoms with Crippen LogP contribution in [-0.2, 0) is 9.53 Å². The van der Waals surface area contributed by atoms with Crippen LogP contribution < -0.4 is 5.32 Å². The first-order valence-electron chi connectivity index (χ1n) is 5.34. The van der Waals surface area contributed by atoms with E-state index in [1.54, 1.807) is 0 Å². The number of amides is 1. The Kier molecular flexibility index (Phi) is 5.09. The summed E-state index contributed by atoms with van der Waals surface area (Å²) in [6.07, 6.45) is 0. The molecule has 0 aromatic heterocycles. The van der Waals surface area contributed by atoms with Gasteiger partial charge in [0.25, 0.3) is 11.6 Å². The molecule has 0 aliphatic heterocycles. The number of nitro groups is 1. The normalized spacial score (nSPS) is 11.6. The molecule has 8 nitrogen and oxygen atoms in total. The third-order valence-electron chi connectivity index (χ3n) is 2.37. The molecule has 9 heteroatoms. The van der Waals surface area contributed by atoms with Gasteiger partial charge in [-0.05, 0) is 12.1 Å². The fourth-order valence-electron chi connectivity index (χ4n) is 1.41. The Labute approximate surface area is 112 Å². The molecule has 0 aliphatic rings. The van der Waals surface area contributed by atoms with Crippen molar-refractivity contribution < 1.29 is 28.7 Å². The number of aliphatic hydroxyl groups is 1. The zero-order valence-electron chi connectivity index (χ0n) is 10.3. The van der Waals surface area contributed by atoms with Gasteiger partial charge in [-0.3, -0.25) is 14.9 Å². The van der Waals surface area contributed by atoms with Crippen LogP contribution in [0.3, 0.4) is 0 Å². The molecule has 1 amide bonds. The van der Waals surface area contributed by atoms with E-state index in [1.807, 2.05) is 5.32 Å². The molecule has 20 heavy (non-hydrogen) atoms. The number of carbonyl (C=O) groups excluding carboxylic acids is 2. The van der Waals surface area contributed by atoms with Gasteiger partial charge < -0.3 is 15.2 Å². The Hall–Kier alpha value is -2.55. The molecule has 0 bridgehead atoms. The van der Waals surface area contributed by atoms with E-state index in [0.717, 1.165) is 19.2 Å². The summed E-state index contributed by atoms with van der Waals surface area (Å²) < 4.78 is 17.4. The van der Waals surface area contributed by atoms with Crippen molar-refractivity contribution in [1.82, 2.24) is 5.32 Å². The van der Waals surface area contributed by atoms with Crippen LogP contribution in [0.2, 0.25) is 0 Å². The van der Waals surface area contributed by atoms with Crippen molar-refractivity contribution in [1.29, 1.82) is 0 Å². The number of methoxy groups -OCH3 is 1. The van der Waals surface area contributed by atoms with E-state index in [-0.39, 0.29) is 0 Å². The van der Waals surface area contributed by atoms with Crippen LogP contribution >= 0.6 is 0 Å². The fraction of sp³-hybridized carbons (Fsp3) is 0.273. The molecule has 1 unspecified atom stereocenters. The minimum atomic E-state index is -1.39. The Morgan fingerprint density at radius 2 is 2.20 bits per heavy atom. The van der Waals surface area contributed by atoms with E-state index in [9.17, 15) is 24.1 Å². The summed E-state index contributed by atoms with van der Waals surface area (Å²) >= 11 is 0. The molecule has 0 radical (unpaired) electrons. The molecular weight excluding hydrogens is 275 g/mol. The highest BCUT2D eigenvalue weighted by molar-refractivity contribution is 6.00. The van der Waals surface area contributed by atoms with Crippen molar-refractivity contribution in [2.24, 2.45) is 0 Å². The Morgan fingerprint density at radius 3 is 2.70 bits per heavy atom. The van der Waals surface area contributed by atoms with Gasteiger partial charge in [-0.25, -0.2) is 9.18 Å². The highest BCUT2D eigenvalue weighted by Crippen LogP contribution is 2.19. The molecule has 0 fully saturated rings. The van der Waals surface area contributed by atoms with E-state index < -0.39 is 46.5 Å². The zero-order chi connectivity index (χ0) is 15.3. The van der Waals surface area contributed by atoms with Crippen molar-refractivity contribution in [2.75, 3.05) is 13.7 Å². The average molecular weight is 286 g/mol. The smallest absolute Gasteiger partial charge is 0.330 e. The summed E-state index contributed by atoms with van der Waals surface area (Å²) in [5.41, 5.74) is -1.18. The molecular formula is C11H11FN2O6. The highest BCUT2D eigenvalue weighted by Gasteiger charge is 2.26. The fourth-order valence-corrected chi connectivity index (χ4v) is 1.41. The van der Waals surface area contributed by atoms with Gasteiger partial charge in [0.15, 0.2) is 6.04 Å². The quantitative estimate of drug-likeness (QED) is 0.446. The summed E-state index contributed by atoms with van der Waals surface area (Å²) in [5.74, 6) is -2.85. The molecule has 108 valence electrons. The number of esters is 1. The van der Waals surface area contributed by atoms with Crippen LogP contribution in [0, 0.1) is 15.9 Å². The molecule has 0 spiro atoms. The minimum Gasteiger partial charge on any atom is -0.467 e. The summed E-state index contributed by atoms with van der Waals surface area (Å²) in [7, 11) is 1.04. The van der Waals surface area contributed by atoms with Crippen molar-refractivity contribution >= 4 is 17.6 Å². The highest BCUT2D eigenvalue weighted by atomic mass is 19.1. The monoisotopic (exact) mass is 286 g/mol. The zero-order valence-corrected chi connectivity index (χ0v) is 10.3. The minimum absolute atomic E-state index is 0.558. The van der Waals surface area contributed by atoms with E-state index in [0.29, 0.717) is 6.07 Å². The van der Waals surface area contributed by atoms with Crippen molar-refractivity contribution in [2.45, 2.75) is 6.04 Å². The molecule has 1 aromatic carbocycles. The summed E-state index contributed by atoms with van der Waals surface area (Å²) in [5, 5.41) is 21.7. The molecule has 0 saturated carbocycles. The number of carbonyl (C=O) groups is 2. The number of benzene rings is 1. The van der Waals surface area contributed by atoms with Crippen LogP contribution in [0.15, 0.2) is 18.2 Å². The molecule has 1 rings (SSSR count). The average Bonchev–Trinajstić information content (AvgIpc) is 2.43. The van der Waals surface area contributed by atoms with Crippen LogP contribution in [0.1, 0.15) is 10.4 Å². The largest absolute Gasteiger partial charge is 0.467 e. The predicted octanol–water partition coefficient (Wildman–Crippen LogP) is -0.00240. The van der Waals surface area contributed by atoms with E-state index in [4.69, 9.17) is 5.11 Å². The Morgan fingerprint density at radius 1 is 1.55 bits per heavy atom. The number of ether oxygens (including phenoxy) is 1. The van der Waals surface area contributed by atoms with Crippen molar-refractivity contribution in [3.05, 3.63) is 39.7 Å². The maximum atomic E-state index is 13.1. The SMILES string of the molecule is COC(=O)C(CO)NC(=O)c1cc(F)ccc1[N+](=O)[O-]. The lowest BCUT2D eigenvalue weighted by atomic mass is 10.1. The first-order valence-corrected chi connectivity index (χ1v) is 5.34. The molecule has 1 atom stereocenters. The van der Waals surface area contributed by atoms with E-state index in [1.165, 1.54) is 0 Å². The number of hydrogen-bond acceptors (Lipinski definition) is 6. The lowest BCUT2D eigenvalue weighted by Gasteiger charge is -2.13. The van der Waals surface area contributed by atoms with Crippen LogP contribution in [0.5, 0.6) is 0 Å². The number of nitrogens with zero attached hydrogens (tertiary/aromatic N) is 1. The van der Waals surface area contributed by atoms with Crippen molar-refractivity contribution in [3.63, 3.8) is 0 Å².